The van der Waals surface area contributed by atoms with E-state index in [2.05, 4.69) is 20.3 Å². The second-order valence-electron chi connectivity index (χ2n) is 7.60. The van der Waals surface area contributed by atoms with E-state index in [9.17, 15) is 15.0 Å². The number of hydrogen-bond donors (Lipinski definition) is 4. The molecule has 1 fully saturated rings. The molecule has 0 amide bonds. The van der Waals surface area contributed by atoms with Crippen molar-refractivity contribution in [2.75, 3.05) is 25.4 Å². The smallest absolute Gasteiger partial charge is 0.313 e. The van der Waals surface area contributed by atoms with Crippen LogP contribution in [0.3, 0.4) is 0 Å². The van der Waals surface area contributed by atoms with E-state index >= 15 is 0 Å². The van der Waals surface area contributed by atoms with Gasteiger partial charge >= 0.3 is 5.97 Å². The first-order valence-corrected chi connectivity index (χ1v) is 9.19. The van der Waals surface area contributed by atoms with Crippen molar-refractivity contribution in [1.29, 1.82) is 0 Å². The van der Waals surface area contributed by atoms with Gasteiger partial charge in [-0.1, -0.05) is 0 Å². The molecule has 0 unspecified atom stereocenters. The lowest BCUT2D eigenvalue weighted by Crippen LogP contribution is -2.38. The predicted molar refractivity (Wildman–Crippen MR) is 99.7 cm³/mol. The number of fused-ring (bicyclic) bond motifs is 1. The lowest BCUT2D eigenvalue weighted by molar-refractivity contribution is -0.169. The van der Waals surface area contributed by atoms with Crippen molar-refractivity contribution in [3.8, 4) is 0 Å². The maximum absolute atomic E-state index is 11.7. The molecule has 0 spiro atoms. The largest absolute Gasteiger partial charge is 0.438 e. The van der Waals surface area contributed by atoms with Gasteiger partial charge in [0.05, 0.1) is 12.0 Å². The molecule has 1 saturated heterocycles. The van der Waals surface area contributed by atoms with Crippen molar-refractivity contribution in [2.24, 2.45) is 5.41 Å². The lowest BCUT2D eigenvalue weighted by atomic mass is 9.98. The Morgan fingerprint density at radius 2 is 2.03 bits per heavy atom. The minimum atomic E-state index is -1.36. The number of anilines is 1. The van der Waals surface area contributed by atoms with Crippen molar-refractivity contribution in [2.45, 2.75) is 45.4 Å². The average molecular weight is 427 g/mol. The molecule has 0 bridgehead atoms. The number of nitrogens with one attached hydrogen (secondary N) is 1. The molecule has 0 saturated carbocycles. The molecule has 2 aromatic heterocycles. The van der Waals surface area contributed by atoms with Crippen molar-refractivity contribution in [1.82, 2.24) is 19.7 Å². The second-order valence-corrected chi connectivity index (χ2v) is 7.60. The number of hydrogen-bond acceptors (Lipinski definition) is 12. The van der Waals surface area contributed by atoms with Crippen LogP contribution < -0.4 is 10.2 Å². The fraction of sp³-hybridized carbons (Fsp3) is 0.647. The number of rotatable bonds is 8. The van der Waals surface area contributed by atoms with Crippen LogP contribution >= 0.6 is 0 Å². The topological polar surface area (TPSA) is 170 Å². The van der Waals surface area contributed by atoms with Crippen molar-refractivity contribution < 1.29 is 39.2 Å². The fourth-order valence-electron chi connectivity index (χ4n) is 2.56. The van der Waals surface area contributed by atoms with E-state index in [-0.39, 0.29) is 25.1 Å². The minimum Gasteiger partial charge on any atom is -0.438 e. The van der Waals surface area contributed by atoms with Gasteiger partial charge in [-0.2, -0.15) is 0 Å². The van der Waals surface area contributed by atoms with E-state index in [0.29, 0.717) is 11.3 Å². The van der Waals surface area contributed by atoms with Crippen LogP contribution in [0.15, 0.2) is 12.7 Å². The van der Waals surface area contributed by atoms with Crippen LogP contribution in [0.2, 0.25) is 0 Å². The average Bonchev–Trinajstić information content (AvgIpc) is 3.23. The van der Waals surface area contributed by atoms with E-state index in [1.165, 1.54) is 12.7 Å². The molecule has 2 aromatic rings. The number of aliphatic hydroxyl groups is 3. The molecular weight excluding hydrogens is 402 g/mol. The maximum atomic E-state index is 11.7. The third-order valence-corrected chi connectivity index (χ3v) is 4.25. The molecule has 3 heterocycles. The Labute approximate surface area is 171 Å². The van der Waals surface area contributed by atoms with Gasteiger partial charge in [-0.05, 0) is 20.8 Å². The molecule has 0 aliphatic carbocycles. The number of carbonyl (C=O) groups is 1. The second kappa shape index (κ2) is 9.06. The van der Waals surface area contributed by atoms with Gasteiger partial charge in [-0.3, -0.25) is 4.79 Å². The molecule has 3 rings (SSSR count). The standard InChI is InChI=1S/C17H25N5O8/c1-17(2,3)16(26)28-8-27-7-21-13-10-14(19-5-18-13)22(6-20-10)30-15-12(25)11(24)9(4-23)29-15/h5-6,9,11-12,15,23-25H,4,7-8H2,1-3H3,(H,18,19,21)/t9-,11-,12+,15+/m1/s1. The van der Waals surface area contributed by atoms with Gasteiger partial charge < -0.3 is 39.7 Å². The summed E-state index contributed by atoms with van der Waals surface area (Å²) in [5.74, 6) is -0.0432. The zero-order valence-corrected chi connectivity index (χ0v) is 16.8. The number of ether oxygens (including phenoxy) is 3. The van der Waals surface area contributed by atoms with Gasteiger partial charge in [-0.25, -0.2) is 15.0 Å². The number of esters is 1. The molecule has 13 nitrogen and oxygen atoms in total. The van der Waals surface area contributed by atoms with Gasteiger partial charge in [0, 0.05) is 0 Å². The van der Waals surface area contributed by atoms with Crippen LogP contribution in [0.4, 0.5) is 5.82 Å². The quantitative estimate of drug-likeness (QED) is 0.222. The molecule has 0 radical (unpaired) electrons. The number of aliphatic hydroxyl groups excluding tert-OH is 3. The Morgan fingerprint density at radius 1 is 1.27 bits per heavy atom. The molecule has 1 aliphatic heterocycles. The highest BCUT2D eigenvalue weighted by Crippen LogP contribution is 2.22. The fourth-order valence-corrected chi connectivity index (χ4v) is 2.56. The SMILES string of the molecule is CC(C)(C)C(=O)OCOCNc1ncnc2c1ncn2O[C@@H]1O[C@H](CO)[C@@H](O)[C@@H]1O. The van der Waals surface area contributed by atoms with E-state index in [1.807, 2.05) is 0 Å². The highest BCUT2D eigenvalue weighted by atomic mass is 16.8. The van der Waals surface area contributed by atoms with Crippen LogP contribution in [-0.4, -0.2) is 85.7 Å². The zero-order chi connectivity index (χ0) is 21.9. The number of carbonyl (C=O) groups excluding carboxylic acids is 1. The summed E-state index contributed by atoms with van der Waals surface area (Å²) in [5, 5.41) is 31.9. The summed E-state index contributed by atoms with van der Waals surface area (Å²) >= 11 is 0. The van der Waals surface area contributed by atoms with Gasteiger partial charge in [0.25, 0.3) is 6.29 Å². The molecule has 4 atom stereocenters. The number of imidazole rings is 1. The normalized spacial score (nSPS) is 24.2. The summed E-state index contributed by atoms with van der Waals surface area (Å²) in [7, 11) is 0. The third-order valence-electron chi connectivity index (χ3n) is 4.25. The third kappa shape index (κ3) is 4.76. The summed E-state index contributed by atoms with van der Waals surface area (Å²) < 4.78 is 16.7. The van der Waals surface area contributed by atoms with Crippen LogP contribution in [-0.2, 0) is 19.0 Å². The van der Waals surface area contributed by atoms with Crippen molar-refractivity contribution in [3.05, 3.63) is 12.7 Å². The van der Waals surface area contributed by atoms with E-state index in [1.54, 1.807) is 20.8 Å². The molecule has 0 aromatic carbocycles. The minimum absolute atomic E-state index is 0.00786. The summed E-state index contributed by atoms with van der Waals surface area (Å²) in [4.78, 5) is 29.5. The van der Waals surface area contributed by atoms with Gasteiger partial charge in [0.1, 0.15) is 37.7 Å². The van der Waals surface area contributed by atoms with E-state index in [0.717, 1.165) is 4.73 Å². The Kier molecular flexibility index (Phi) is 6.67. The highest BCUT2D eigenvalue weighted by Gasteiger charge is 2.44. The maximum Gasteiger partial charge on any atom is 0.313 e. The summed E-state index contributed by atoms with van der Waals surface area (Å²) in [6, 6.07) is 0. The lowest BCUT2D eigenvalue weighted by Gasteiger charge is -2.17. The first kappa shape index (κ1) is 22.1. The van der Waals surface area contributed by atoms with Gasteiger partial charge in [0.2, 0.25) is 5.65 Å². The molecule has 166 valence electrons. The molecule has 4 N–H and O–H groups in total. The summed E-state index contributed by atoms with van der Waals surface area (Å²) in [6.07, 6.45) is -2.26. The van der Waals surface area contributed by atoms with Gasteiger partial charge in [0.15, 0.2) is 18.1 Å². The van der Waals surface area contributed by atoms with Crippen LogP contribution in [0, 0.1) is 5.41 Å². The summed E-state index contributed by atoms with van der Waals surface area (Å²) in [6.45, 7) is 4.52. The van der Waals surface area contributed by atoms with E-state index < -0.39 is 36.6 Å². The van der Waals surface area contributed by atoms with E-state index in [4.69, 9.17) is 24.2 Å². The van der Waals surface area contributed by atoms with Crippen LogP contribution in [0.1, 0.15) is 20.8 Å². The van der Waals surface area contributed by atoms with Crippen molar-refractivity contribution >= 4 is 23.0 Å². The monoisotopic (exact) mass is 427 g/mol. The highest BCUT2D eigenvalue weighted by molar-refractivity contribution is 5.82. The Bertz CT molecular complexity index is 869. The molecule has 1 aliphatic rings. The predicted octanol–water partition coefficient (Wildman–Crippen LogP) is -1.37. The first-order valence-electron chi connectivity index (χ1n) is 9.19. The zero-order valence-electron chi connectivity index (χ0n) is 16.8. The Hall–Kier alpha value is -2.58. The van der Waals surface area contributed by atoms with Gasteiger partial charge in [-0.15, -0.1) is 4.73 Å². The first-order chi connectivity index (χ1) is 14.2. The number of aromatic nitrogens is 4. The Balaban J connectivity index is 1.58. The molecule has 30 heavy (non-hydrogen) atoms. The van der Waals surface area contributed by atoms with Crippen LogP contribution in [0.5, 0.6) is 0 Å². The molecule has 13 heteroatoms. The molecular formula is C17H25N5O8. The summed E-state index contributed by atoms with van der Waals surface area (Å²) in [5.41, 5.74) is -0.00401. The number of nitrogens with zero attached hydrogens (tertiary/aromatic N) is 4. The van der Waals surface area contributed by atoms with Crippen molar-refractivity contribution in [3.63, 3.8) is 0 Å². The van der Waals surface area contributed by atoms with Crippen LogP contribution in [0.25, 0.3) is 11.2 Å². The Morgan fingerprint density at radius 3 is 2.70 bits per heavy atom.